The zero-order valence-corrected chi connectivity index (χ0v) is 14.6. The second kappa shape index (κ2) is 6.64. The Hall–Kier alpha value is -1.31. The van der Waals surface area contributed by atoms with E-state index in [0.29, 0.717) is 6.42 Å². The van der Waals surface area contributed by atoms with Gasteiger partial charge >= 0.3 is 0 Å². The minimum atomic E-state index is 0.0974. The van der Waals surface area contributed by atoms with Gasteiger partial charge in [0.25, 0.3) is 0 Å². The predicted molar refractivity (Wildman–Crippen MR) is 89.2 cm³/mol. The molecule has 0 heterocycles. The van der Waals surface area contributed by atoms with Crippen molar-refractivity contribution in [3.8, 4) is 5.75 Å². The number of hydrogen-bond acceptors (Lipinski definition) is 2. The summed E-state index contributed by atoms with van der Waals surface area (Å²) in [5.41, 5.74) is 2.81. The number of benzene rings is 1. The molecule has 0 saturated heterocycles. The van der Waals surface area contributed by atoms with Crippen molar-refractivity contribution < 1.29 is 9.53 Å². The third-order valence-corrected chi connectivity index (χ3v) is 3.96. The highest BCUT2D eigenvalue weighted by atomic mass is 16.5. The standard InChI is InChI=1S/C19H30O2/c1-14(10-11-20)16-12-15(8-9-17(16)21-7)19(5,6)13-18(2,3)4/h8-9,11-12,14H,10,13H2,1-7H3. The topological polar surface area (TPSA) is 26.3 Å². The van der Waals surface area contributed by atoms with Crippen molar-refractivity contribution in [2.75, 3.05) is 7.11 Å². The fraction of sp³-hybridized carbons (Fsp3) is 0.632. The summed E-state index contributed by atoms with van der Waals surface area (Å²) in [6.07, 6.45) is 2.62. The first-order chi connectivity index (χ1) is 9.60. The summed E-state index contributed by atoms with van der Waals surface area (Å²) < 4.78 is 5.47. The largest absolute Gasteiger partial charge is 0.496 e. The van der Waals surface area contributed by atoms with Gasteiger partial charge in [0.1, 0.15) is 12.0 Å². The molecule has 1 unspecified atom stereocenters. The van der Waals surface area contributed by atoms with Crippen LogP contribution in [0.1, 0.15) is 71.4 Å². The number of rotatable bonds is 6. The highest BCUT2D eigenvalue weighted by Gasteiger charge is 2.28. The second-order valence-corrected chi connectivity index (χ2v) is 7.88. The monoisotopic (exact) mass is 290 g/mol. The highest BCUT2D eigenvalue weighted by Crippen LogP contribution is 2.39. The first-order valence-corrected chi connectivity index (χ1v) is 7.73. The first kappa shape index (κ1) is 17.7. The van der Waals surface area contributed by atoms with Crippen molar-refractivity contribution in [3.63, 3.8) is 0 Å². The van der Waals surface area contributed by atoms with Crippen molar-refractivity contribution in [3.05, 3.63) is 29.3 Å². The zero-order chi connectivity index (χ0) is 16.3. The van der Waals surface area contributed by atoms with E-state index in [1.54, 1.807) is 7.11 Å². The fourth-order valence-corrected chi connectivity index (χ4v) is 3.24. The maximum absolute atomic E-state index is 10.8. The number of carbonyl (C=O) groups excluding carboxylic acids is 1. The van der Waals surface area contributed by atoms with Crippen molar-refractivity contribution in [1.29, 1.82) is 0 Å². The summed E-state index contributed by atoms with van der Waals surface area (Å²) in [6, 6.07) is 6.41. The molecule has 0 amide bonds. The lowest BCUT2D eigenvalue weighted by Gasteiger charge is -2.33. The van der Waals surface area contributed by atoms with E-state index in [2.05, 4.69) is 53.7 Å². The van der Waals surface area contributed by atoms with Gasteiger partial charge in [-0.1, -0.05) is 53.7 Å². The SMILES string of the molecule is COc1ccc(C(C)(C)CC(C)(C)C)cc1C(C)CC=O. The highest BCUT2D eigenvalue weighted by molar-refractivity contribution is 5.53. The van der Waals surface area contributed by atoms with Crippen molar-refractivity contribution in [2.45, 2.75) is 65.7 Å². The lowest BCUT2D eigenvalue weighted by atomic mass is 9.71. The maximum Gasteiger partial charge on any atom is 0.122 e. The molecule has 118 valence electrons. The van der Waals surface area contributed by atoms with Crippen LogP contribution in [0.25, 0.3) is 0 Å². The molecule has 0 aliphatic carbocycles. The molecule has 21 heavy (non-hydrogen) atoms. The van der Waals surface area contributed by atoms with E-state index in [-0.39, 0.29) is 16.7 Å². The summed E-state index contributed by atoms with van der Waals surface area (Å²) in [5, 5.41) is 0. The second-order valence-electron chi connectivity index (χ2n) is 7.88. The van der Waals surface area contributed by atoms with Gasteiger partial charge in [-0.05, 0) is 40.4 Å². The Labute approximate surface area is 129 Å². The van der Waals surface area contributed by atoms with Crippen LogP contribution in [0, 0.1) is 5.41 Å². The molecule has 0 N–H and O–H groups in total. The molecule has 2 nitrogen and oxygen atoms in total. The molecular formula is C19H30O2. The quantitative estimate of drug-likeness (QED) is 0.681. The van der Waals surface area contributed by atoms with Gasteiger partial charge < -0.3 is 9.53 Å². The molecule has 0 fully saturated rings. The van der Waals surface area contributed by atoms with Crippen LogP contribution in [0.2, 0.25) is 0 Å². The average Bonchev–Trinajstić information content (AvgIpc) is 2.35. The van der Waals surface area contributed by atoms with Crippen LogP contribution in [0.3, 0.4) is 0 Å². The van der Waals surface area contributed by atoms with Crippen LogP contribution in [0.15, 0.2) is 18.2 Å². The molecule has 2 heteroatoms. The zero-order valence-electron chi connectivity index (χ0n) is 14.6. The number of methoxy groups -OCH3 is 1. The molecule has 1 rings (SSSR count). The van der Waals surface area contributed by atoms with Gasteiger partial charge in [-0.2, -0.15) is 0 Å². The Morgan fingerprint density at radius 2 is 1.81 bits per heavy atom. The van der Waals surface area contributed by atoms with Crippen LogP contribution in [-0.4, -0.2) is 13.4 Å². The molecule has 0 saturated carbocycles. The molecule has 0 aliphatic heterocycles. The molecule has 0 radical (unpaired) electrons. The van der Waals surface area contributed by atoms with Gasteiger partial charge in [-0.3, -0.25) is 0 Å². The molecular weight excluding hydrogens is 260 g/mol. The normalized spacial score (nSPS) is 13.9. The van der Waals surface area contributed by atoms with Crippen LogP contribution in [0.4, 0.5) is 0 Å². The first-order valence-electron chi connectivity index (χ1n) is 7.73. The van der Waals surface area contributed by atoms with E-state index in [4.69, 9.17) is 4.74 Å². The van der Waals surface area contributed by atoms with E-state index < -0.39 is 0 Å². The summed E-state index contributed by atoms with van der Waals surface area (Å²) in [7, 11) is 1.69. The van der Waals surface area contributed by atoms with Gasteiger partial charge in [0, 0.05) is 6.42 Å². The van der Waals surface area contributed by atoms with Crippen LogP contribution in [0.5, 0.6) is 5.75 Å². The van der Waals surface area contributed by atoms with Crippen molar-refractivity contribution in [2.24, 2.45) is 5.41 Å². The fourth-order valence-electron chi connectivity index (χ4n) is 3.24. The van der Waals surface area contributed by atoms with E-state index in [1.807, 2.05) is 6.07 Å². The maximum atomic E-state index is 10.8. The van der Waals surface area contributed by atoms with Crippen LogP contribution >= 0.6 is 0 Å². The summed E-state index contributed by atoms with van der Waals surface area (Å²) >= 11 is 0. The Morgan fingerprint density at radius 1 is 1.19 bits per heavy atom. The number of hydrogen-bond donors (Lipinski definition) is 0. The smallest absolute Gasteiger partial charge is 0.122 e. The van der Waals surface area contributed by atoms with Gasteiger partial charge in [0.2, 0.25) is 0 Å². The average molecular weight is 290 g/mol. The van der Waals surface area contributed by atoms with Gasteiger partial charge in [-0.25, -0.2) is 0 Å². The minimum Gasteiger partial charge on any atom is -0.496 e. The van der Waals surface area contributed by atoms with Crippen molar-refractivity contribution >= 4 is 6.29 Å². The van der Waals surface area contributed by atoms with E-state index in [9.17, 15) is 4.79 Å². The number of carbonyl (C=O) groups is 1. The molecule has 1 aromatic rings. The molecule has 0 aromatic heterocycles. The molecule has 1 aromatic carbocycles. The van der Waals surface area contributed by atoms with Gasteiger partial charge in [0.15, 0.2) is 0 Å². The van der Waals surface area contributed by atoms with Crippen molar-refractivity contribution in [1.82, 2.24) is 0 Å². The van der Waals surface area contributed by atoms with Gasteiger partial charge in [0.05, 0.1) is 7.11 Å². The van der Waals surface area contributed by atoms with E-state index in [1.165, 1.54) is 5.56 Å². The Balaban J connectivity index is 3.20. The lowest BCUT2D eigenvalue weighted by molar-refractivity contribution is -0.108. The predicted octanol–water partition coefficient (Wildman–Crippen LogP) is 5.10. The third-order valence-electron chi connectivity index (χ3n) is 3.96. The molecule has 0 spiro atoms. The van der Waals surface area contributed by atoms with E-state index >= 15 is 0 Å². The number of aldehydes is 1. The third kappa shape index (κ3) is 4.87. The summed E-state index contributed by atoms with van der Waals surface area (Å²) in [5.74, 6) is 1.06. The molecule has 0 bridgehead atoms. The Kier molecular flexibility index (Phi) is 5.61. The Morgan fingerprint density at radius 3 is 2.29 bits per heavy atom. The lowest BCUT2D eigenvalue weighted by Crippen LogP contribution is -2.25. The van der Waals surface area contributed by atoms with Crippen LogP contribution < -0.4 is 4.74 Å². The van der Waals surface area contributed by atoms with Gasteiger partial charge in [-0.15, -0.1) is 0 Å². The molecule has 1 atom stereocenters. The Bertz CT molecular complexity index is 481. The van der Waals surface area contributed by atoms with E-state index in [0.717, 1.165) is 24.0 Å². The summed E-state index contributed by atoms with van der Waals surface area (Å²) in [4.78, 5) is 10.8. The summed E-state index contributed by atoms with van der Waals surface area (Å²) in [6.45, 7) is 13.5. The molecule has 0 aliphatic rings. The van der Waals surface area contributed by atoms with Crippen LogP contribution in [-0.2, 0) is 10.2 Å². The number of ether oxygens (including phenoxy) is 1. The minimum absolute atomic E-state index is 0.0974.